The van der Waals surface area contributed by atoms with Gasteiger partial charge in [-0.3, -0.25) is 4.18 Å². The van der Waals surface area contributed by atoms with Gasteiger partial charge >= 0.3 is 6.09 Å². The predicted molar refractivity (Wildman–Crippen MR) is 79.5 cm³/mol. The van der Waals surface area contributed by atoms with Crippen molar-refractivity contribution in [3.8, 4) is 0 Å². The van der Waals surface area contributed by atoms with Crippen LogP contribution in [0, 0.1) is 0 Å². The van der Waals surface area contributed by atoms with E-state index in [2.05, 4.69) is 0 Å². The minimum absolute atomic E-state index is 0.390. The van der Waals surface area contributed by atoms with Crippen molar-refractivity contribution in [1.29, 1.82) is 0 Å². The first kappa shape index (κ1) is 17.8. The summed E-state index contributed by atoms with van der Waals surface area (Å²) >= 11 is 20.7. The third kappa shape index (κ3) is 4.95. The zero-order valence-corrected chi connectivity index (χ0v) is 13.8. The molecule has 0 aliphatic rings. The van der Waals surface area contributed by atoms with E-state index in [1.54, 1.807) is 0 Å². The average molecular weight is 381 g/mol. The Balaban J connectivity index is 3.00. The number of nitrogens with zero attached hydrogens (tertiary/aromatic N) is 1. The number of hydrogen-bond donors (Lipinski definition) is 1. The molecule has 20 heavy (non-hydrogen) atoms. The van der Waals surface area contributed by atoms with E-state index < -0.39 is 27.3 Å². The maximum absolute atomic E-state index is 11.7. The Morgan fingerprint density at radius 2 is 1.85 bits per heavy atom. The summed E-state index contributed by atoms with van der Waals surface area (Å²) in [5.74, 6) is 0. The van der Waals surface area contributed by atoms with Crippen molar-refractivity contribution >= 4 is 63.8 Å². The van der Waals surface area contributed by atoms with Gasteiger partial charge in [0.15, 0.2) is 0 Å². The molecule has 2 unspecified atom stereocenters. The molecule has 112 valence electrons. The van der Waals surface area contributed by atoms with E-state index in [1.165, 1.54) is 24.3 Å². The zero-order chi connectivity index (χ0) is 15.5. The van der Waals surface area contributed by atoms with E-state index in [4.69, 9.17) is 55.7 Å². The van der Waals surface area contributed by atoms with Gasteiger partial charge < -0.3 is 5.11 Å². The molecule has 1 aromatic carbocycles. The third-order valence-corrected chi connectivity index (χ3v) is 3.95. The maximum Gasteiger partial charge on any atom is 0.420 e. The lowest BCUT2D eigenvalue weighted by Gasteiger charge is -2.25. The molecule has 0 spiro atoms. The standard InChI is InChI=1S/C10H9Cl4NO4S/c1-15(9(16)17)20(18)19-8(10(12,13)14)6-2-4-7(11)5-3-6/h2-5,8H,1H3,(H,16,17). The number of carbonyl (C=O) groups is 1. The monoisotopic (exact) mass is 379 g/mol. The highest BCUT2D eigenvalue weighted by molar-refractivity contribution is 7.78. The molecule has 10 heteroatoms. The van der Waals surface area contributed by atoms with Gasteiger partial charge in [-0.15, -0.1) is 0 Å². The summed E-state index contributed by atoms with van der Waals surface area (Å²) in [6.45, 7) is 0. The first-order valence-electron chi connectivity index (χ1n) is 5.00. The van der Waals surface area contributed by atoms with Crippen LogP contribution in [0.15, 0.2) is 24.3 Å². The van der Waals surface area contributed by atoms with E-state index in [0.717, 1.165) is 7.05 Å². The lowest BCUT2D eigenvalue weighted by atomic mass is 10.1. The lowest BCUT2D eigenvalue weighted by Crippen LogP contribution is -2.32. The second-order valence-electron chi connectivity index (χ2n) is 3.57. The fourth-order valence-electron chi connectivity index (χ4n) is 1.15. The van der Waals surface area contributed by atoms with Crippen LogP contribution >= 0.6 is 46.4 Å². The quantitative estimate of drug-likeness (QED) is 0.803. The number of benzene rings is 1. The van der Waals surface area contributed by atoms with Crippen LogP contribution in [-0.4, -0.2) is 30.6 Å². The molecular weight excluding hydrogens is 372 g/mol. The zero-order valence-electron chi connectivity index (χ0n) is 9.93. The molecule has 0 aliphatic heterocycles. The van der Waals surface area contributed by atoms with Crippen molar-refractivity contribution in [2.24, 2.45) is 0 Å². The molecule has 1 rings (SSSR count). The van der Waals surface area contributed by atoms with Crippen molar-refractivity contribution in [3.05, 3.63) is 34.9 Å². The summed E-state index contributed by atoms with van der Waals surface area (Å²) in [5, 5.41) is 9.17. The van der Waals surface area contributed by atoms with E-state index in [0.29, 0.717) is 14.9 Å². The normalized spacial score (nSPS) is 14.7. The summed E-state index contributed by atoms with van der Waals surface area (Å²) in [6.07, 6.45) is -2.67. The van der Waals surface area contributed by atoms with Crippen LogP contribution in [0.1, 0.15) is 11.7 Å². The Hall–Kier alpha value is -0.240. The molecule has 0 aliphatic carbocycles. The average Bonchev–Trinajstić information content (AvgIpc) is 2.34. The van der Waals surface area contributed by atoms with Crippen molar-refractivity contribution in [3.63, 3.8) is 0 Å². The number of alkyl halides is 3. The van der Waals surface area contributed by atoms with Gasteiger partial charge in [0, 0.05) is 12.1 Å². The molecule has 0 heterocycles. The number of amides is 1. The molecule has 0 bridgehead atoms. The van der Waals surface area contributed by atoms with E-state index in [1.807, 2.05) is 0 Å². The topological polar surface area (TPSA) is 66.8 Å². The molecular formula is C10H9Cl4NO4S. The largest absolute Gasteiger partial charge is 0.464 e. The molecule has 1 amide bonds. The second-order valence-corrected chi connectivity index (χ2v) is 7.55. The van der Waals surface area contributed by atoms with Crippen LogP contribution in [0.5, 0.6) is 0 Å². The van der Waals surface area contributed by atoms with Gasteiger partial charge in [-0.1, -0.05) is 58.5 Å². The Kier molecular flexibility index (Phi) is 6.37. The number of halogens is 4. The van der Waals surface area contributed by atoms with Gasteiger partial charge in [-0.05, 0) is 17.7 Å². The number of hydrogen-bond acceptors (Lipinski definition) is 3. The smallest absolute Gasteiger partial charge is 0.420 e. The van der Waals surface area contributed by atoms with Gasteiger partial charge in [0.1, 0.15) is 6.10 Å². The summed E-state index contributed by atoms with van der Waals surface area (Å²) in [5.41, 5.74) is 0.390. The van der Waals surface area contributed by atoms with Crippen LogP contribution in [0.2, 0.25) is 5.02 Å². The fourth-order valence-corrected chi connectivity index (χ4v) is 2.62. The van der Waals surface area contributed by atoms with Gasteiger partial charge in [-0.2, -0.15) is 0 Å². The van der Waals surface area contributed by atoms with Crippen LogP contribution in [0.4, 0.5) is 4.79 Å². The Morgan fingerprint density at radius 3 is 2.25 bits per heavy atom. The summed E-state index contributed by atoms with van der Waals surface area (Å²) in [4.78, 5) is 10.7. The predicted octanol–water partition coefficient (Wildman–Crippen LogP) is 3.96. The van der Waals surface area contributed by atoms with Crippen molar-refractivity contribution in [2.45, 2.75) is 9.90 Å². The molecule has 5 nitrogen and oxygen atoms in total. The first-order valence-corrected chi connectivity index (χ1v) is 7.55. The Morgan fingerprint density at radius 1 is 1.35 bits per heavy atom. The summed E-state index contributed by atoms with van der Waals surface area (Å²) < 4.78 is 15.3. The van der Waals surface area contributed by atoms with Crippen LogP contribution in [0.3, 0.4) is 0 Å². The number of rotatable bonds is 4. The van der Waals surface area contributed by atoms with Gasteiger partial charge in [0.2, 0.25) is 3.79 Å². The van der Waals surface area contributed by atoms with Crippen molar-refractivity contribution in [2.75, 3.05) is 7.05 Å². The van der Waals surface area contributed by atoms with Crippen molar-refractivity contribution < 1.29 is 18.3 Å². The molecule has 0 radical (unpaired) electrons. The Bertz CT molecular complexity index is 505. The maximum atomic E-state index is 11.7. The SMILES string of the molecule is CN(C(=O)O)S(=O)OC(c1ccc(Cl)cc1)C(Cl)(Cl)Cl. The fraction of sp³-hybridized carbons (Fsp3) is 0.300. The summed E-state index contributed by atoms with van der Waals surface area (Å²) in [7, 11) is 1.07. The van der Waals surface area contributed by atoms with Gasteiger partial charge in [-0.25, -0.2) is 13.3 Å². The van der Waals surface area contributed by atoms with E-state index in [-0.39, 0.29) is 0 Å². The minimum Gasteiger partial charge on any atom is -0.464 e. The van der Waals surface area contributed by atoms with Crippen LogP contribution in [-0.2, 0) is 15.4 Å². The van der Waals surface area contributed by atoms with Crippen molar-refractivity contribution in [1.82, 2.24) is 4.31 Å². The van der Waals surface area contributed by atoms with E-state index >= 15 is 0 Å². The molecule has 0 fully saturated rings. The minimum atomic E-state index is -2.33. The van der Waals surface area contributed by atoms with Gasteiger partial charge in [0.05, 0.1) is 0 Å². The van der Waals surface area contributed by atoms with Crippen LogP contribution < -0.4 is 0 Å². The molecule has 1 aromatic rings. The highest BCUT2D eigenvalue weighted by atomic mass is 35.6. The first-order chi connectivity index (χ1) is 9.12. The lowest BCUT2D eigenvalue weighted by molar-refractivity contribution is 0.168. The number of carboxylic acid groups (broad SMARTS) is 1. The molecule has 0 saturated carbocycles. The second kappa shape index (κ2) is 7.15. The third-order valence-electron chi connectivity index (χ3n) is 2.14. The highest BCUT2D eigenvalue weighted by Gasteiger charge is 2.38. The summed E-state index contributed by atoms with van der Waals surface area (Å²) in [6, 6.07) is 6.11. The molecule has 1 N–H and O–H groups in total. The molecule has 0 saturated heterocycles. The molecule has 0 aromatic heterocycles. The highest BCUT2D eigenvalue weighted by Crippen LogP contribution is 2.43. The Labute approximate surface area is 138 Å². The molecule has 2 atom stereocenters. The van der Waals surface area contributed by atoms with E-state index in [9.17, 15) is 9.00 Å². The van der Waals surface area contributed by atoms with Crippen LogP contribution in [0.25, 0.3) is 0 Å². The van der Waals surface area contributed by atoms with Gasteiger partial charge in [0.25, 0.3) is 11.3 Å².